The number of hydrogen-bond donors (Lipinski definition) is 1. The van der Waals surface area contributed by atoms with E-state index in [1.54, 1.807) is 0 Å². The van der Waals surface area contributed by atoms with Gasteiger partial charge in [-0.2, -0.15) is 0 Å². The third-order valence-corrected chi connectivity index (χ3v) is 2.78. The van der Waals surface area contributed by atoms with Crippen molar-refractivity contribution >= 4 is 0 Å². The number of nitrogens with two attached hydrogens (primary N) is 1. The van der Waals surface area contributed by atoms with Crippen LogP contribution in [0.2, 0.25) is 0 Å². The van der Waals surface area contributed by atoms with Gasteiger partial charge in [-0.25, -0.2) is 4.68 Å². The van der Waals surface area contributed by atoms with Crippen LogP contribution in [-0.4, -0.2) is 23.5 Å². The fourth-order valence-corrected chi connectivity index (χ4v) is 1.67. The molecule has 6 nitrogen and oxygen atoms in total. The summed E-state index contributed by atoms with van der Waals surface area (Å²) in [6.45, 7) is 1.21. The Morgan fingerprint density at radius 1 is 1.20 bits per heavy atom. The summed E-state index contributed by atoms with van der Waals surface area (Å²) in [5.41, 5.74) is 6.38. The lowest BCUT2D eigenvalue weighted by atomic mass is 10.2. The topological polar surface area (TPSA) is 79.4 Å². The zero-order valence-corrected chi connectivity index (χ0v) is 11.3. The van der Waals surface area contributed by atoms with Crippen LogP contribution in [0.25, 0.3) is 0 Å². The number of rotatable bonds is 6. The summed E-state index contributed by atoms with van der Waals surface area (Å²) in [5.74, 6) is 1.13. The maximum Gasteiger partial charge on any atom is 0.267 e. The van der Waals surface area contributed by atoms with Crippen LogP contribution in [0, 0.1) is 0 Å². The summed E-state index contributed by atoms with van der Waals surface area (Å²) in [5, 5.41) is 4.03. The summed E-state index contributed by atoms with van der Waals surface area (Å²) in [6, 6.07) is 10.5. The highest BCUT2D eigenvalue weighted by atomic mass is 16.5. The number of benzene rings is 1. The predicted octanol–water partition coefficient (Wildman–Crippen LogP) is 0.790. The molecule has 0 saturated heterocycles. The van der Waals surface area contributed by atoms with Crippen LogP contribution in [-0.2, 0) is 13.1 Å². The number of methoxy groups -OCH3 is 1. The third-order valence-electron chi connectivity index (χ3n) is 2.78. The van der Waals surface area contributed by atoms with Gasteiger partial charge in [-0.3, -0.25) is 4.79 Å². The van der Waals surface area contributed by atoms with E-state index < -0.39 is 0 Å². The first-order valence-corrected chi connectivity index (χ1v) is 6.27. The monoisotopic (exact) mass is 275 g/mol. The number of aromatic nitrogens is 2. The smallest absolute Gasteiger partial charge is 0.267 e. The first-order valence-electron chi connectivity index (χ1n) is 6.27. The van der Waals surface area contributed by atoms with Crippen LogP contribution >= 0.6 is 0 Å². The summed E-state index contributed by atoms with van der Waals surface area (Å²) >= 11 is 0. The highest BCUT2D eigenvalue weighted by Crippen LogP contribution is 2.11. The van der Waals surface area contributed by atoms with Crippen molar-refractivity contribution in [2.45, 2.75) is 13.1 Å². The molecule has 1 aromatic carbocycles. The van der Waals surface area contributed by atoms with Gasteiger partial charge in [0.05, 0.1) is 13.7 Å². The van der Waals surface area contributed by atoms with Crippen LogP contribution in [0.5, 0.6) is 11.6 Å². The van der Waals surface area contributed by atoms with Gasteiger partial charge < -0.3 is 15.2 Å². The Bertz CT molecular complexity index is 608. The fraction of sp³-hybridized carbons (Fsp3) is 0.286. The minimum atomic E-state index is -0.187. The van der Waals surface area contributed by atoms with Gasteiger partial charge in [0.15, 0.2) is 0 Å². The largest absolute Gasteiger partial charge is 0.492 e. The Kier molecular flexibility index (Phi) is 4.73. The van der Waals surface area contributed by atoms with E-state index in [-0.39, 0.29) is 5.56 Å². The minimum Gasteiger partial charge on any atom is -0.492 e. The van der Waals surface area contributed by atoms with Crippen molar-refractivity contribution < 1.29 is 9.47 Å². The molecule has 0 spiro atoms. The van der Waals surface area contributed by atoms with Gasteiger partial charge in [-0.15, -0.1) is 5.10 Å². The van der Waals surface area contributed by atoms with E-state index in [9.17, 15) is 4.79 Å². The summed E-state index contributed by atoms with van der Waals surface area (Å²) in [7, 11) is 1.51. The molecule has 2 rings (SSSR count). The van der Waals surface area contributed by atoms with E-state index in [4.69, 9.17) is 15.2 Å². The summed E-state index contributed by atoms with van der Waals surface area (Å²) in [6.07, 6.45) is 0. The molecule has 0 aliphatic heterocycles. The van der Waals surface area contributed by atoms with Gasteiger partial charge in [-0.05, 0) is 17.7 Å². The number of ether oxygens (including phenoxy) is 2. The van der Waals surface area contributed by atoms with Gasteiger partial charge in [0.2, 0.25) is 5.88 Å². The molecule has 0 aliphatic rings. The van der Waals surface area contributed by atoms with Gasteiger partial charge in [0, 0.05) is 18.7 Å². The molecule has 6 heteroatoms. The molecule has 0 amide bonds. The van der Waals surface area contributed by atoms with Crippen molar-refractivity contribution in [3.05, 3.63) is 52.3 Å². The molecular formula is C14H17N3O3. The first-order chi connectivity index (χ1) is 9.72. The number of hydrogen-bond acceptors (Lipinski definition) is 5. The van der Waals surface area contributed by atoms with Gasteiger partial charge in [0.1, 0.15) is 12.4 Å². The van der Waals surface area contributed by atoms with Crippen molar-refractivity contribution in [3.63, 3.8) is 0 Å². The van der Waals surface area contributed by atoms with E-state index in [0.29, 0.717) is 25.6 Å². The molecule has 106 valence electrons. The lowest BCUT2D eigenvalue weighted by molar-refractivity contribution is 0.282. The fourth-order valence-electron chi connectivity index (χ4n) is 1.67. The van der Waals surface area contributed by atoms with Crippen molar-refractivity contribution in [2.24, 2.45) is 5.73 Å². The highest BCUT2D eigenvalue weighted by molar-refractivity contribution is 5.27. The van der Waals surface area contributed by atoms with Gasteiger partial charge in [0.25, 0.3) is 5.56 Å². The Hall–Kier alpha value is -2.34. The molecule has 0 aliphatic carbocycles. The third kappa shape index (κ3) is 3.58. The Balaban J connectivity index is 1.93. The quantitative estimate of drug-likeness (QED) is 0.843. The molecule has 0 saturated carbocycles. The van der Waals surface area contributed by atoms with Crippen LogP contribution in [0.15, 0.2) is 41.2 Å². The van der Waals surface area contributed by atoms with E-state index in [1.807, 2.05) is 24.3 Å². The van der Waals surface area contributed by atoms with Gasteiger partial charge >= 0.3 is 0 Å². The molecule has 0 atom stereocenters. The molecule has 2 N–H and O–H groups in total. The zero-order valence-electron chi connectivity index (χ0n) is 11.3. The van der Waals surface area contributed by atoms with Crippen LogP contribution in [0.3, 0.4) is 0 Å². The first kappa shape index (κ1) is 14.1. The molecule has 1 aromatic heterocycles. The average molecular weight is 275 g/mol. The molecule has 1 heterocycles. The zero-order chi connectivity index (χ0) is 14.4. The molecule has 0 radical (unpaired) electrons. The summed E-state index contributed by atoms with van der Waals surface area (Å²) < 4.78 is 11.8. The Morgan fingerprint density at radius 3 is 2.60 bits per heavy atom. The molecular weight excluding hydrogens is 258 g/mol. The van der Waals surface area contributed by atoms with Crippen molar-refractivity contribution in [1.29, 1.82) is 0 Å². The minimum absolute atomic E-state index is 0.187. The molecule has 20 heavy (non-hydrogen) atoms. The average Bonchev–Trinajstić information content (AvgIpc) is 2.50. The Labute approximate surface area is 116 Å². The predicted molar refractivity (Wildman–Crippen MR) is 74.9 cm³/mol. The van der Waals surface area contributed by atoms with Crippen LogP contribution in [0.1, 0.15) is 5.56 Å². The maximum atomic E-state index is 11.6. The van der Waals surface area contributed by atoms with Crippen LogP contribution in [0.4, 0.5) is 0 Å². The van der Waals surface area contributed by atoms with E-state index in [0.717, 1.165) is 11.3 Å². The van der Waals surface area contributed by atoms with E-state index in [1.165, 1.54) is 23.9 Å². The second-order valence-electron chi connectivity index (χ2n) is 4.13. The molecule has 2 aromatic rings. The normalized spacial score (nSPS) is 10.3. The summed E-state index contributed by atoms with van der Waals surface area (Å²) in [4.78, 5) is 11.6. The van der Waals surface area contributed by atoms with Crippen molar-refractivity contribution in [1.82, 2.24) is 9.78 Å². The SMILES string of the molecule is COc1ccc(=O)n(CCOc2ccc(CN)cc2)n1. The number of nitrogens with zero attached hydrogens (tertiary/aromatic N) is 2. The van der Waals surface area contributed by atoms with E-state index >= 15 is 0 Å². The highest BCUT2D eigenvalue weighted by Gasteiger charge is 2.01. The van der Waals surface area contributed by atoms with Gasteiger partial charge in [-0.1, -0.05) is 12.1 Å². The lowest BCUT2D eigenvalue weighted by Gasteiger charge is -2.08. The molecule has 0 unspecified atom stereocenters. The van der Waals surface area contributed by atoms with E-state index in [2.05, 4.69) is 5.10 Å². The van der Waals surface area contributed by atoms with Crippen LogP contribution < -0.4 is 20.8 Å². The standard InChI is InChI=1S/C14H17N3O3/c1-19-13-6-7-14(18)17(16-13)8-9-20-12-4-2-11(10-15)3-5-12/h2-7H,8-10,15H2,1H3. The second-order valence-corrected chi connectivity index (χ2v) is 4.13. The van der Waals surface area contributed by atoms with Crippen molar-refractivity contribution in [3.8, 4) is 11.6 Å². The molecule has 0 bridgehead atoms. The van der Waals surface area contributed by atoms with Crippen molar-refractivity contribution in [2.75, 3.05) is 13.7 Å². The Morgan fingerprint density at radius 2 is 1.95 bits per heavy atom. The molecule has 0 fully saturated rings. The second kappa shape index (κ2) is 6.72. The lowest BCUT2D eigenvalue weighted by Crippen LogP contribution is -2.25. The maximum absolute atomic E-state index is 11.6.